The summed E-state index contributed by atoms with van der Waals surface area (Å²) in [4.78, 5) is 11.8. The van der Waals surface area contributed by atoms with Crippen LogP contribution < -0.4 is 15.8 Å². The molecule has 3 N–H and O–H groups in total. The van der Waals surface area contributed by atoms with Crippen molar-refractivity contribution >= 4 is 17.7 Å². The zero-order chi connectivity index (χ0) is 17.0. The predicted molar refractivity (Wildman–Crippen MR) is 88.6 cm³/mol. The molecule has 0 aromatic heterocycles. The number of amides is 1. The Hall–Kier alpha value is -1.46. The lowest BCUT2D eigenvalue weighted by Crippen LogP contribution is -2.45. The van der Waals surface area contributed by atoms with Crippen LogP contribution in [0.15, 0.2) is 18.2 Å². The molecule has 1 aromatic rings. The molecule has 0 aliphatic rings. The first kappa shape index (κ1) is 18.6. The molecule has 22 heavy (non-hydrogen) atoms. The van der Waals surface area contributed by atoms with E-state index in [1.54, 1.807) is 13.2 Å². The summed E-state index contributed by atoms with van der Waals surface area (Å²) in [5.74, 6) is 0.572. The summed E-state index contributed by atoms with van der Waals surface area (Å²) in [7, 11) is 1.56. The standard InChI is InChI=1S/C16H25ClN2O3/c1-15(2,3)22-14(20)19-10-16(4,9-18)11-7-6-8-12(17)13(11)21-5/h6-8H,9-10,18H2,1-5H3,(H,19,20). The SMILES string of the molecule is COc1c(Cl)cccc1C(C)(CN)CNC(=O)OC(C)(C)C. The minimum Gasteiger partial charge on any atom is -0.495 e. The summed E-state index contributed by atoms with van der Waals surface area (Å²) in [6, 6.07) is 5.48. The van der Waals surface area contributed by atoms with Gasteiger partial charge in [0.15, 0.2) is 0 Å². The quantitative estimate of drug-likeness (QED) is 0.871. The van der Waals surface area contributed by atoms with E-state index in [1.807, 2.05) is 39.8 Å². The van der Waals surface area contributed by atoms with Gasteiger partial charge in [0.1, 0.15) is 11.4 Å². The van der Waals surface area contributed by atoms with Crippen molar-refractivity contribution in [3.8, 4) is 5.75 Å². The summed E-state index contributed by atoms with van der Waals surface area (Å²) in [5.41, 5.74) is 5.72. The average Bonchev–Trinajstić information content (AvgIpc) is 2.42. The van der Waals surface area contributed by atoms with Crippen LogP contribution in [0.25, 0.3) is 0 Å². The Morgan fingerprint density at radius 2 is 1.95 bits per heavy atom. The Labute approximate surface area is 137 Å². The Morgan fingerprint density at radius 3 is 2.45 bits per heavy atom. The number of methoxy groups -OCH3 is 1. The van der Waals surface area contributed by atoms with E-state index in [0.717, 1.165) is 5.56 Å². The van der Waals surface area contributed by atoms with Crippen molar-refractivity contribution in [2.45, 2.75) is 38.7 Å². The average molecular weight is 329 g/mol. The molecule has 124 valence electrons. The van der Waals surface area contributed by atoms with Gasteiger partial charge in [-0.2, -0.15) is 0 Å². The topological polar surface area (TPSA) is 73.6 Å². The number of carbonyl (C=O) groups is 1. The third-order valence-corrected chi connectivity index (χ3v) is 3.59. The molecule has 1 unspecified atom stereocenters. The van der Waals surface area contributed by atoms with Crippen LogP contribution in [0.5, 0.6) is 5.75 Å². The van der Waals surface area contributed by atoms with Crippen molar-refractivity contribution in [3.63, 3.8) is 0 Å². The molecule has 5 nitrogen and oxygen atoms in total. The van der Waals surface area contributed by atoms with E-state index in [1.165, 1.54) is 0 Å². The number of nitrogens with two attached hydrogens (primary N) is 1. The van der Waals surface area contributed by atoms with Crippen LogP contribution in [-0.2, 0) is 10.2 Å². The molecule has 1 atom stereocenters. The van der Waals surface area contributed by atoms with E-state index < -0.39 is 17.1 Å². The highest BCUT2D eigenvalue weighted by Crippen LogP contribution is 2.36. The van der Waals surface area contributed by atoms with E-state index in [-0.39, 0.29) is 0 Å². The second-order valence-electron chi connectivity index (χ2n) is 6.44. The molecule has 6 heteroatoms. The molecule has 0 bridgehead atoms. The van der Waals surface area contributed by atoms with E-state index in [0.29, 0.717) is 23.9 Å². The Bertz CT molecular complexity index is 529. The largest absolute Gasteiger partial charge is 0.495 e. The van der Waals surface area contributed by atoms with E-state index in [4.69, 9.17) is 26.8 Å². The summed E-state index contributed by atoms with van der Waals surface area (Å²) in [5, 5.41) is 3.27. The molecule has 1 aromatic carbocycles. The molecule has 0 fully saturated rings. The highest BCUT2D eigenvalue weighted by Gasteiger charge is 2.30. The fourth-order valence-corrected chi connectivity index (χ4v) is 2.30. The van der Waals surface area contributed by atoms with Gasteiger partial charge in [-0.05, 0) is 26.8 Å². The van der Waals surface area contributed by atoms with Gasteiger partial charge in [-0.15, -0.1) is 0 Å². The molecule has 0 aliphatic carbocycles. The number of halogens is 1. The number of nitrogens with one attached hydrogen (secondary N) is 1. The van der Waals surface area contributed by atoms with Crippen molar-refractivity contribution in [2.75, 3.05) is 20.2 Å². The van der Waals surface area contributed by atoms with Gasteiger partial charge in [0, 0.05) is 24.1 Å². The van der Waals surface area contributed by atoms with Crippen LogP contribution >= 0.6 is 11.6 Å². The Kier molecular flexibility index (Phi) is 6.08. The van der Waals surface area contributed by atoms with Gasteiger partial charge in [0.05, 0.1) is 12.1 Å². The highest BCUT2D eigenvalue weighted by molar-refractivity contribution is 6.32. The first-order valence-corrected chi connectivity index (χ1v) is 7.50. The Morgan fingerprint density at radius 1 is 1.32 bits per heavy atom. The predicted octanol–water partition coefficient (Wildman–Crippen LogP) is 3.09. The molecule has 0 spiro atoms. The zero-order valence-electron chi connectivity index (χ0n) is 13.8. The molecule has 1 rings (SSSR count). The minimum absolute atomic E-state index is 0.315. The monoisotopic (exact) mass is 328 g/mol. The molecule has 1 amide bonds. The summed E-state index contributed by atoms with van der Waals surface area (Å²) >= 11 is 6.16. The summed E-state index contributed by atoms with van der Waals surface area (Å²) in [6.45, 7) is 8.02. The number of carbonyl (C=O) groups excluding carboxylic acids is 1. The highest BCUT2D eigenvalue weighted by atomic mass is 35.5. The number of rotatable bonds is 5. The first-order chi connectivity index (χ1) is 10.1. The fourth-order valence-electron chi connectivity index (χ4n) is 2.05. The third kappa shape index (κ3) is 4.78. The van der Waals surface area contributed by atoms with E-state index in [2.05, 4.69) is 5.32 Å². The van der Waals surface area contributed by atoms with Crippen LogP contribution in [0.3, 0.4) is 0 Å². The number of para-hydroxylation sites is 1. The maximum atomic E-state index is 11.8. The first-order valence-electron chi connectivity index (χ1n) is 7.13. The minimum atomic E-state index is -0.545. The summed E-state index contributed by atoms with van der Waals surface area (Å²) < 4.78 is 10.6. The molecular formula is C16H25ClN2O3. The third-order valence-electron chi connectivity index (χ3n) is 3.29. The molecule has 0 saturated heterocycles. The van der Waals surface area contributed by atoms with Crippen LogP contribution in [-0.4, -0.2) is 31.9 Å². The summed E-state index contributed by atoms with van der Waals surface area (Å²) in [6.07, 6.45) is -0.479. The lowest BCUT2D eigenvalue weighted by atomic mass is 9.82. The van der Waals surface area contributed by atoms with Gasteiger partial charge < -0.3 is 20.5 Å². The second-order valence-corrected chi connectivity index (χ2v) is 6.85. The maximum Gasteiger partial charge on any atom is 0.407 e. The molecule has 0 aliphatic heterocycles. The smallest absolute Gasteiger partial charge is 0.407 e. The molecular weight excluding hydrogens is 304 g/mol. The lowest BCUT2D eigenvalue weighted by Gasteiger charge is -2.31. The van der Waals surface area contributed by atoms with Crippen LogP contribution in [0.4, 0.5) is 4.79 Å². The van der Waals surface area contributed by atoms with Gasteiger partial charge in [0.25, 0.3) is 0 Å². The normalized spacial score (nSPS) is 14.1. The van der Waals surface area contributed by atoms with Gasteiger partial charge in [0.2, 0.25) is 0 Å². The second kappa shape index (κ2) is 7.20. The van der Waals surface area contributed by atoms with Crippen LogP contribution in [0, 0.1) is 0 Å². The van der Waals surface area contributed by atoms with Crippen molar-refractivity contribution in [1.82, 2.24) is 5.32 Å². The van der Waals surface area contributed by atoms with Gasteiger partial charge in [-0.3, -0.25) is 0 Å². The molecule has 0 radical (unpaired) electrons. The van der Waals surface area contributed by atoms with Gasteiger partial charge >= 0.3 is 6.09 Å². The van der Waals surface area contributed by atoms with Crippen molar-refractivity contribution < 1.29 is 14.3 Å². The number of hydrogen-bond donors (Lipinski definition) is 2. The lowest BCUT2D eigenvalue weighted by molar-refractivity contribution is 0.0516. The van der Waals surface area contributed by atoms with Crippen LogP contribution in [0.2, 0.25) is 5.02 Å². The van der Waals surface area contributed by atoms with E-state index in [9.17, 15) is 4.79 Å². The van der Waals surface area contributed by atoms with Crippen molar-refractivity contribution in [1.29, 1.82) is 0 Å². The maximum absolute atomic E-state index is 11.8. The number of benzene rings is 1. The van der Waals surface area contributed by atoms with Crippen molar-refractivity contribution in [2.24, 2.45) is 5.73 Å². The van der Waals surface area contributed by atoms with Crippen LogP contribution in [0.1, 0.15) is 33.3 Å². The molecule has 0 saturated carbocycles. The van der Waals surface area contributed by atoms with Gasteiger partial charge in [-0.1, -0.05) is 30.7 Å². The number of ether oxygens (including phenoxy) is 2. The van der Waals surface area contributed by atoms with E-state index >= 15 is 0 Å². The zero-order valence-corrected chi connectivity index (χ0v) is 14.6. The van der Waals surface area contributed by atoms with Crippen molar-refractivity contribution in [3.05, 3.63) is 28.8 Å². The number of hydrogen-bond acceptors (Lipinski definition) is 4. The molecule has 0 heterocycles. The van der Waals surface area contributed by atoms with Gasteiger partial charge in [-0.25, -0.2) is 4.79 Å². The number of alkyl carbamates (subject to hydrolysis) is 1. The fraction of sp³-hybridized carbons (Fsp3) is 0.562. The Balaban J connectivity index is 2.94.